The second-order valence-corrected chi connectivity index (χ2v) is 4.36. The van der Waals surface area contributed by atoms with Gasteiger partial charge in [0.25, 0.3) is 5.69 Å². The monoisotopic (exact) mass is 305 g/mol. The third-order valence-electron chi connectivity index (χ3n) is 3.01. The highest BCUT2D eigenvalue weighted by atomic mass is 19.1. The number of methoxy groups -OCH3 is 1. The lowest BCUT2D eigenvalue weighted by atomic mass is 10.1. The van der Waals surface area contributed by atoms with Crippen LogP contribution in [0.5, 0.6) is 23.0 Å². The largest absolute Gasteiger partial charge is 0.465 e. The molecule has 0 aliphatic carbocycles. The molecular weight excluding hydrogens is 297 g/mol. The smallest absolute Gasteiger partial charge is 0.345 e. The highest BCUT2D eigenvalue weighted by Crippen LogP contribution is 2.47. The summed E-state index contributed by atoms with van der Waals surface area (Å²) in [6.07, 6.45) is 0. The maximum atomic E-state index is 13.2. The first kappa shape index (κ1) is 13.8. The van der Waals surface area contributed by atoms with E-state index in [0.29, 0.717) is 0 Å². The lowest BCUT2D eigenvalue weighted by Gasteiger charge is -2.20. The average molecular weight is 305 g/mol. The van der Waals surface area contributed by atoms with Crippen molar-refractivity contribution in [2.45, 2.75) is 0 Å². The molecule has 1 aliphatic heterocycles. The predicted molar refractivity (Wildman–Crippen MR) is 71.0 cm³/mol. The van der Waals surface area contributed by atoms with Gasteiger partial charge in [-0.3, -0.25) is 10.1 Å². The first-order valence-corrected chi connectivity index (χ1v) is 6.05. The van der Waals surface area contributed by atoms with E-state index in [4.69, 9.17) is 9.47 Å². The Hall–Kier alpha value is -3.16. The molecule has 0 bridgehead atoms. The molecular formula is C14H8FNO6. The van der Waals surface area contributed by atoms with E-state index in [1.165, 1.54) is 12.1 Å². The van der Waals surface area contributed by atoms with E-state index in [2.05, 4.69) is 4.74 Å². The summed E-state index contributed by atoms with van der Waals surface area (Å²) in [5, 5.41) is 11.1. The Morgan fingerprint density at radius 2 is 1.77 bits per heavy atom. The van der Waals surface area contributed by atoms with Crippen LogP contribution in [0.3, 0.4) is 0 Å². The molecule has 2 aromatic carbocycles. The predicted octanol–water partition coefficient (Wildman–Crippen LogP) is 3.42. The SMILES string of the molecule is COC(=O)c1cc2c(cc1[N+](=O)[O-])Oc1cc(F)ccc1O2. The molecule has 0 aromatic heterocycles. The van der Waals surface area contributed by atoms with Gasteiger partial charge in [-0.25, -0.2) is 9.18 Å². The van der Waals surface area contributed by atoms with Crippen LogP contribution in [0.4, 0.5) is 10.1 Å². The molecule has 0 unspecified atom stereocenters. The van der Waals surface area contributed by atoms with Gasteiger partial charge in [-0.2, -0.15) is 0 Å². The molecule has 0 fully saturated rings. The number of ether oxygens (including phenoxy) is 3. The average Bonchev–Trinajstić information content (AvgIpc) is 2.50. The highest BCUT2D eigenvalue weighted by Gasteiger charge is 2.29. The maximum absolute atomic E-state index is 13.2. The molecule has 0 spiro atoms. The van der Waals surface area contributed by atoms with Gasteiger partial charge in [0.15, 0.2) is 23.0 Å². The van der Waals surface area contributed by atoms with Crippen LogP contribution in [0.25, 0.3) is 0 Å². The second-order valence-electron chi connectivity index (χ2n) is 4.36. The second kappa shape index (κ2) is 4.99. The van der Waals surface area contributed by atoms with Crippen LogP contribution in [-0.2, 0) is 4.74 Å². The molecule has 0 radical (unpaired) electrons. The summed E-state index contributed by atoms with van der Waals surface area (Å²) in [5.74, 6) is -0.969. The molecule has 0 saturated carbocycles. The zero-order chi connectivity index (χ0) is 15.9. The zero-order valence-corrected chi connectivity index (χ0v) is 11.2. The number of nitro benzene ring substituents is 1. The Morgan fingerprint density at radius 1 is 1.14 bits per heavy atom. The molecule has 0 N–H and O–H groups in total. The molecule has 22 heavy (non-hydrogen) atoms. The van der Waals surface area contributed by atoms with E-state index in [0.717, 1.165) is 25.3 Å². The minimum atomic E-state index is -0.872. The van der Waals surface area contributed by atoms with Crippen LogP contribution in [0.2, 0.25) is 0 Å². The number of halogens is 1. The van der Waals surface area contributed by atoms with Gasteiger partial charge in [-0.15, -0.1) is 0 Å². The van der Waals surface area contributed by atoms with Crippen LogP contribution in [0, 0.1) is 15.9 Å². The Morgan fingerprint density at radius 3 is 2.45 bits per heavy atom. The van der Waals surface area contributed by atoms with E-state index in [9.17, 15) is 19.3 Å². The van der Waals surface area contributed by atoms with Crippen LogP contribution in [0.1, 0.15) is 10.4 Å². The normalized spacial score (nSPS) is 11.5. The first-order chi connectivity index (χ1) is 10.5. The fraction of sp³-hybridized carbons (Fsp3) is 0.0714. The van der Waals surface area contributed by atoms with Gasteiger partial charge in [0.2, 0.25) is 0 Å². The molecule has 3 rings (SSSR count). The van der Waals surface area contributed by atoms with Gasteiger partial charge in [0.1, 0.15) is 11.4 Å². The van der Waals surface area contributed by atoms with Crippen molar-refractivity contribution in [3.8, 4) is 23.0 Å². The number of fused-ring (bicyclic) bond motifs is 2. The number of esters is 1. The molecule has 112 valence electrons. The fourth-order valence-corrected chi connectivity index (χ4v) is 2.02. The fourth-order valence-electron chi connectivity index (χ4n) is 2.02. The van der Waals surface area contributed by atoms with Crippen molar-refractivity contribution in [3.63, 3.8) is 0 Å². The van der Waals surface area contributed by atoms with Crippen molar-refractivity contribution in [1.29, 1.82) is 0 Å². The van der Waals surface area contributed by atoms with Crippen molar-refractivity contribution >= 4 is 11.7 Å². The number of hydrogen-bond acceptors (Lipinski definition) is 6. The molecule has 0 amide bonds. The molecule has 1 heterocycles. The van der Waals surface area contributed by atoms with Crippen molar-refractivity contribution in [2.24, 2.45) is 0 Å². The number of carbonyl (C=O) groups is 1. The minimum Gasteiger partial charge on any atom is -0.465 e. The van der Waals surface area contributed by atoms with Crippen LogP contribution in [0.15, 0.2) is 30.3 Å². The van der Waals surface area contributed by atoms with E-state index >= 15 is 0 Å². The standard InChI is InChI=1S/C14H8FNO6/c1-20-14(17)8-5-12-13(6-9(8)16(18)19)22-11-4-7(15)2-3-10(11)21-12/h2-6H,1H3. The number of nitro groups is 1. The molecule has 8 heteroatoms. The van der Waals surface area contributed by atoms with Crippen molar-refractivity contribution in [1.82, 2.24) is 0 Å². The third kappa shape index (κ3) is 2.20. The summed E-state index contributed by atoms with van der Waals surface area (Å²) < 4.78 is 28.6. The topological polar surface area (TPSA) is 87.9 Å². The van der Waals surface area contributed by atoms with Crippen LogP contribution >= 0.6 is 0 Å². The summed E-state index contributed by atoms with van der Waals surface area (Å²) in [5.41, 5.74) is -0.755. The lowest BCUT2D eigenvalue weighted by molar-refractivity contribution is -0.385. The minimum absolute atomic E-state index is 0.0115. The lowest BCUT2D eigenvalue weighted by Crippen LogP contribution is -2.08. The number of rotatable bonds is 2. The van der Waals surface area contributed by atoms with Crippen molar-refractivity contribution in [3.05, 3.63) is 51.8 Å². The summed E-state index contributed by atoms with van der Waals surface area (Å²) in [6.45, 7) is 0. The van der Waals surface area contributed by atoms with E-state index in [1.54, 1.807) is 0 Å². The zero-order valence-electron chi connectivity index (χ0n) is 11.2. The Kier molecular flexibility index (Phi) is 3.13. The highest BCUT2D eigenvalue weighted by molar-refractivity contribution is 5.95. The summed E-state index contributed by atoms with van der Waals surface area (Å²) in [4.78, 5) is 22.0. The number of benzene rings is 2. The van der Waals surface area contributed by atoms with E-state index in [1.807, 2.05) is 0 Å². The number of nitrogens with zero attached hydrogens (tertiary/aromatic N) is 1. The number of hydrogen-bond donors (Lipinski definition) is 0. The Labute approximate surface area is 123 Å². The van der Waals surface area contributed by atoms with E-state index < -0.39 is 22.4 Å². The number of carbonyl (C=O) groups excluding carboxylic acids is 1. The molecule has 2 aromatic rings. The summed E-state index contributed by atoms with van der Waals surface area (Å²) in [7, 11) is 1.11. The summed E-state index contributed by atoms with van der Waals surface area (Å²) >= 11 is 0. The quantitative estimate of drug-likeness (QED) is 0.409. The Bertz CT molecular complexity index is 804. The van der Waals surface area contributed by atoms with Gasteiger partial charge < -0.3 is 14.2 Å². The third-order valence-corrected chi connectivity index (χ3v) is 3.01. The van der Waals surface area contributed by atoms with Gasteiger partial charge >= 0.3 is 5.97 Å². The van der Waals surface area contributed by atoms with Gasteiger partial charge in [-0.05, 0) is 12.1 Å². The molecule has 0 saturated heterocycles. The molecule has 0 atom stereocenters. The Balaban J connectivity index is 2.12. The van der Waals surface area contributed by atoms with Crippen LogP contribution < -0.4 is 9.47 Å². The molecule has 7 nitrogen and oxygen atoms in total. The maximum Gasteiger partial charge on any atom is 0.345 e. The first-order valence-electron chi connectivity index (χ1n) is 6.05. The van der Waals surface area contributed by atoms with Crippen molar-refractivity contribution in [2.75, 3.05) is 7.11 Å². The van der Waals surface area contributed by atoms with Crippen LogP contribution in [-0.4, -0.2) is 18.0 Å². The van der Waals surface area contributed by atoms with Crippen molar-refractivity contribution < 1.29 is 28.3 Å². The van der Waals surface area contributed by atoms with E-state index in [-0.39, 0.29) is 28.6 Å². The van der Waals surface area contributed by atoms with Gasteiger partial charge in [-0.1, -0.05) is 0 Å². The summed E-state index contributed by atoms with van der Waals surface area (Å²) in [6, 6.07) is 5.83. The van der Waals surface area contributed by atoms with Gasteiger partial charge in [0.05, 0.1) is 18.1 Å². The van der Waals surface area contributed by atoms with Gasteiger partial charge in [0, 0.05) is 12.1 Å². The molecule has 1 aliphatic rings.